The Morgan fingerprint density at radius 1 is 1.03 bits per heavy atom. The molecule has 1 aromatic heterocycles. The molecular weight excluding hydrogens is 430 g/mol. The van der Waals surface area contributed by atoms with Crippen molar-refractivity contribution < 1.29 is 18.3 Å². The number of nitrogens with zero attached hydrogens (tertiary/aromatic N) is 6. The third kappa shape index (κ3) is 5.51. The van der Waals surface area contributed by atoms with Crippen molar-refractivity contribution in [1.29, 1.82) is 0 Å². The van der Waals surface area contributed by atoms with E-state index in [-0.39, 0.29) is 5.91 Å². The first kappa shape index (κ1) is 22.8. The minimum Gasteiger partial charge on any atom is -0.494 e. The van der Waals surface area contributed by atoms with Crippen LogP contribution in [0.2, 0.25) is 0 Å². The first-order valence-electron chi connectivity index (χ1n) is 11.0. The van der Waals surface area contributed by atoms with Crippen molar-refractivity contribution in [3.8, 4) is 11.4 Å². The number of hydrogen-bond acceptors (Lipinski definition) is 6. The Bertz CT molecular complexity index is 1080. The summed E-state index contributed by atoms with van der Waals surface area (Å²) in [4.78, 5) is 16.8. The van der Waals surface area contributed by atoms with E-state index in [0.29, 0.717) is 56.4 Å². The van der Waals surface area contributed by atoms with E-state index in [1.165, 1.54) is 10.7 Å². The zero-order valence-electron chi connectivity index (χ0n) is 18.5. The van der Waals surface area contributed by atoms with Crippen LogP contribution < -0.4 is 4.74 Å². The number of halogens is 2. The predicted molar refractivity (Wildman–Crippen MR) is 117 cm³/mol. The molecule has 1 aliphatic rings. The van der Waals surface area contributed by atoms with Gasteiger partial charge in [0, 0.05) is 37.8 Å². The first-order valence-corrected chi connectivity index (χ1v) is 11.0. The van der Waals surface area contributed by atoms with Gasteiger partial charge in [-0.1, -0.05) is 13.3 Å². The Balaban J connectivity index is 1.32. The van der Waals surface area contributed by atoms with Crippen molar-refractivity contribution in [2.75, 3.05) is 32.8 Å². The van der Waals surface area contributed by atoms with Crippen molar-refractivity contribution >= 4 is 5.91 Å². The van der Waals surface area contributed by atoms with Gasteiger partial charge in [-0.15, -0.1) is 5.10 Å². The number of rotatable bonds is 8. The standard InChI is InChI=1S/C23H26F2N6O2/c1-2-3-14-33-19-7-4-17(5-8-19)23(32)30-12-10-29(11-13-30)16-22-26-27-28-31(22)18-6-9-20(24)21(25)15-18/h4-9,15H,2-3,10-14,16H2,1H3. The summed E-state index contributed by atoms with van der Waals surface area (Å²) in [6, 6.07) is 10.8. The average molecular weight is 456 g/mol. The lowest BCUT2D eigenvalue weighted by molar-refractivity contribution is 0.0624. The molecule has 3 aromatic rings. The maximum atomic E-state index is 13.6. The lowest BCUT2D eigenvalue weighted by Gasteiger charge is -2.34. The van der Waals surface area contributed by atoms with Crippen molar-refractivity contribution in [2.45, 2.75) is 26.3 Å². The van der Waals surface area contributed by atoms with Gasteiger partial charge in [0.05, 0.1) is 18.8 Å². The fourth-order valence-electron chi connectivity index (χ4n) is 3.64. The number of carbonyl (C=O) groups is 1. The van der Waals surface area contributed by atoms with Crippen molar-refractivity contribution in [2.24, 2.45) is 0 Å². The normalized spacial score (nSPS) is 14.5. The van der Waals surface area contributed by atoms with Gasteiger partial charge >= 0.3 is 0 Å². The van der Waals surface area contributed by atoms with E-state index in [0.717, 1.165) is 30.7 Å². The second-order valence-electron chi connectivity index (χ2n) is 7.90. The summed E-state index contributed by atoms with van der Waals surface area (Å²) in [5.41, 5.74) is 0.985. The molecular formula is C23H26F2N6O2. The van der Waals surface area contributed by atoms with E-state index in [4.69, 9.17) is 4.74 Å². The minimum absolute atomic E-state index is 0.0126. The quantitative estimate of drug-likeness (QED) is 0.485. The van der Waals surface area contributed by atoms with Gasteiger partial charge in [0.25, 0.3) is 5.91 Å². The lowest BCUT2D eigenvalue weighted by Crippen LogP contribution is -2.48. The van der Waals surface area contributed by atoms with Crippen LogP contribution >= 0.6 is 0 Å². The molecule has 0 radical (unpaired) electrons. The van der Waals surface area contributed by atoms with Crippen LogP contribution in [-0.4, -0.2) is 68.7 Å². The van der Waals surface area contributed by atoms with Gasteiger partial charge in [-0.3, -0.25) is 9.69 Å². The van der Waals surface area contributed by atoms with Gasteiger partial charge in [-0.25, -0.2) is 8.78 Å². The summed E-state index contributed by atoms with van der Waals surface area (Å²) in [5, 5.41) is 11.6. The molecule has 0 spiro atoms. The van der Waals surface area contributed by atoms with Crippen LogP contribution in [0.15, 0.2) is 42.5 Å². The van der Waals surface area contributed by atoms with Crippen LogP contribution in [0.1, 0.15) is 35.9 Å². The predicted octanol–water partition coefficient (Wildman–Crippen LogP) is 3.08. The molecule has 0 N–H and O–H groups in total. The number of carbonyl (C=O) groups excluding carboxylic acids is 1. The minimum atomic E-state index is -0.957. The van der Waals surface area contributed by atoms with Gasteiger partial charge < -0.3 is 9.64 Å². The topological polar surface area (TPSA) is 76.4 Å². The Labute approximate surface area is 190 Å². The molecule has 0 unspecified atom stereocenters. The molecule has 2 heterocycles. The van der Waals surface area contributed by atoms with E-state index < -0.39 is 11.6 Å². The van der Waals surface area contributed by atoms with Crippen LogP contribution in [0.25, 0.3) is 5.69 Å². The molecule has 33 heavy (non-hydrogen) atoms. The number of amides is 1. The van der Waals surface area contributed by atoms with Crippen LogP contribution in [0, 0.1) is 11.6 Å². The highest BCUT2D eigenvalue weighted by Crippen LogP contribution is 2.17. The maximum absolute atomic E-state index is 13.6. The largest absolute Gasteiger partial charge is 0.494 e. The maximum Gasteiger partial charge on any atom is 0.253 e. The summed E-state index contributed by atoms with van der Waals surface area (Å²) in [6.07, 6.45) is 2.07. The molecule has 4 rings (SSSR count). The lowest BCUT2D eigenvalue weighted by atomic mass is 10.1. The number of tetrazole rings is 1. The summed E-state index contributed by atoms with van der Waals surface area (Å²) in [5.74, 6) is -0.612. The Morgan fingerprint density at radius 2 is 1.79 bits per heavy atom. The highest BCUT2D eigenvalue weighted by molar-refractivity contribution is 5.94. The molecule has 10 heteroatoms. The smallest absolute Gasteiger partial charge is 0.253 e. The molecule has 1 amide bonds. The fourth-order valence-corrected chi connectivity index (χ4v) is 3.64. The van der Waals surface area contributed by atoms with Crippen LogP contribution in [-0.2, 0) is 6.54 Å². The highest BCUT2D eigenvalue weighted by Gasteiger charge is 2.24. The van der Waals surface area contributed by atoms with Gasteiger partial charge in [0.1, 0.15) is 5.75 Å². The molecule has 0 atom stereocenters. The van der Waals surface area contributed by atoms with E-state index in [1.807, 2.05) is 17.0 Å². The first-order chi connectivity index (χ1) is 16.0. The second kappa shape index (κ2) is 10.5. The molecule has 0 saturated carbocycles. The highest BCUT2D eigenvalue weighted by atomic mass is 19.2. The number of benzene rings is 2. The van der Waals surface area contributed by atoms with Crippen LogP contribution in [0.5, 0.6) is 5.75 Å². The molecule has 2 aromatic carbocycles. The van der Waals surface area contributed by atoms with Gasteiger partial charge in [-0.2, -0.15) is 4.68 Å². The Hall–Kier alpha value is -3.40. The molecule has 174 valence electrons. The molecule has 1 saturated heterocycles. The van der Waals surface area contributed by atoms with Crippen molar-refractivity contribution in [1.82, 2.24) is 30.0 Å². The number of ether oxygens (including phenoxy) is 1. The summed E-state index contributed by atoms with van der Waals surface area (Å²) >= 11 is 0. The van der Waals surface area contributed by atoms with E-state index >= 15 is 0 Å². The Kier molecular flexibility index (Phi) is 7.23. The average Bonchev–Trinajstić information content (AvgIpc) is 3.29. The zero-order valence-corrected chi connectivity index (χ0v) is 18.5. The molecule has 0 bridgehead atoms. The molecule has 8 nitrogen and oxygen atoms in total. The van der Waals surface area contributed by atoms with Gasteiger partial charge in [0.2, 0.25) is 0 Å². The van der Waals surface area contributed by atoms with Crippen molar-refractivity contribution in [3.05, 3.63) is 65.5 Å². The molecule has 1 aliphatic heterocycles. The van der Waals surface area contributed by atoms with E-state index in [9.17, 15) is 13.6 Å². The third-order valence-electron chi connectivity index (χ3n) is 5.57. The van der Waals surface area contributed by atoms with Crippen LogP contribution in [0.4, 0.5) is 8.78 Å². The van der Waals surface area contributed by atoms with Crippen LogP contribution in [0.3, 0.4) is 0 Å². The fraction of sp³-hybridized carbons (Fsp3) is 0.391. The number of aromatic nitrogens is 4. The SMILES string of the molecule is CCCCOc1ccc(C(=O)N2CCN(Cc3nnnn3-c3ccc(F)c(F)c3)CC2)cc1. The van der Waals surface area contributed by atoms with E-state index in [1.54, 1.807) is 12.1 Å². The van der Waals surface area contributed by atoms with Crippen molar-refractivity contribution in [3.63, 3.8) is 0 Å². The number of piperazine rings is 1. The van der Waals surface area contributed by atoms with Gasteiger partial charge in [0.15, 0.2) is 17.5 Å². The molecule has 0 aliphatic carbocycles. The third-order valence-corrected chi connectivity index (χ3v) is 5.57. The number of hydrogen-bond donors (Lipinski definition) is 0. The van der Waals surface area contributed by atoms with E-state index in [2.05, 4.69) is 27.3 Å². The Morgan fingerprint density at radius 3 is 2.48 bits per heavy atom. The molecule has 1 fully saturated rings. The summed E-state index contributed by atoms with van der Waals surface area (Å²) < 4.78 is 33.9. The number of unbranched alkanes of at least 4 members (excludes halogenated alkanes) is 1. The summed E-state index contributed by atoms with van der Waals surface area (Å²) in [6.45, 7) is 5.65. The second-order valence-corrected chi connectivity index (χ2v) is 7.90. The van der Waals surface area contributed by atoms with Gasteiger partial charge in [-0.05, 0) is 53.2 Å². The summed E-state index contributed by atoms with van der Waals surface area (Å²) in [7, 11) is 0. The zero-order chi connectivity index (χ0) is 23.2. The monoisotopic (exact) mass is 456 g/mol.